The predicted octanol–water partition coefficient (Wildman–Crippen LogP) is 3.49. The first-order valence-corrected chi connectivity index (χ1v) is 6.99. The van der Waals surface area contributed by atoms with Crippen molar-refractivity contribution in [2.45, 2.75) is 25.3 Å². The summed E-state index contributed by atoms with van der Waals surface area (Å²) in [5.74, 6) is -1.15. The van der Waals surface area contributed by atoms with Gasteiger partial charge in [-0.25, -0.2) is 9.18 Å². The molecule has 1 atom stereocenters. The van der Waals surface area contributed by atoms with Gasteiger partial charge < -0.3 is 10.4 Å². The third-order valence-corrected chi connectivity index (χ3v) is 3.90. The Morgan fingerprint density at radius 1 is 1.14 bits per heavy atom. The number of nitrogens with one attached hydrogen (secondary N) is 1. The molecule has 0 aliphatic heterocycles. The van der Waals surface area contributed by atoms with Crippen LogP contribution in [0, 0.1) is 5.82 Å². The Morgan fingerprint density at radius 2 is 1.90 bits per heavy atom. The number of hydrogen-bond donors (Lipinski definition) is 2. The Morgan fingerprint density at radius 3 is 2.62 bits per heavy atom. The van der Waals surface area contributed by atoms with E-state index < -0.39 is 5.97 Å². The smallest absolute Gasteiger partial charge is 0.335 e. The second-order valence-electron chi connectivity index (χ2n) is 5.38. The minimum Gasteiger partial charge on any atom is -0.478 e. The van der Waals surface area contributed by atoms with Gasteiger partial charge in [0.25, 0.3) is 0 Å². The van der Waals surface area contributed by atoms with E-state index in [1.54, 1.807) is 24.3 Å². The van der Waals surface area contributed by atoms with Gasteiger partial charge in [-0.2, -0.15) is 0 Å². The number of fused-ring (bicyclic) bond motifs is 1. The zero-order valence-electron chi connectivity index (χ0n) is 11.5. The molecule has 3 nitrogen and oxygen atoms in total. The van der Waals surface area contributed by atoms with Gasteiger partial charge in [0.1, 0.15) is 5.82 Å². The molecule has 0 spiro atoms. The molecule has 0 amide bonds. The lowest BCUT2D eigenvalue weighted by molar-refractivity contribution is 0.0696. The number of benzene rings is 2. The number of halogens is 1. The molecule has 0 heterocycles. The monoisotopic (exact) mass is 285 g/mol. The second kappa shape index (κ2) is 5.56. The van der Waals surface area contributed by atoms with Crippen molar-refractivity contribution in [1.82, 2.24) is 0 Å². The predicted molar refractivity (Wildman–Crippen MR) is 79.2 cm³/mol. The number of hydrogen-bond acceptors (Lipinski definition) is 2. The molecule has 4 heteroatoms. The van der Waals surface area contributed by atoms with Crippen molar-refractivity contribution in [2.75, 3.05) is 5.32 Å². The highest BCUT2D eigenvalue weighted by Gasteiger charge is 2.19. The second-order valence-corrected chi connectivity index (χ2v) is 5.38. The molecule has 0 fully saturated rings. The van der Waals surface area contributed by atoms with Crippen LogP contribution in [0.15, 0.2) is 42.5 Å². The van der Waals surface area contributed by atoms with Gasteiger partial charge in [0.05, 0.1) is 5.56 Å². The zero-order valence-corrected chi connectivity index (χ0v) is 11.5. The summed E-state index contributed by atoms with van der Waals surface area (Å²) in [5, 5.41) is 12.4. The number of anilines is 1. The first-order chi connectivity index (χ1) is 10.1. The average Bonchev–Trinajstić information content (AvgIpc) is 2.49. The van der Waals surface area contributed by atoms with Gasteiger partial charge in [-0.3, -0.25) is 0 Å². The number of carboxylic acid groups (broad SMARTS) is 1. The van der Waals surface area contributed by atoms with Crippen LogP contribution in [0.4, 0.5) is 10.1 Å². The number of carboxylic acids is 1. The standard InChI is InChI=1S/C17H16FNO2/c18-14-4-7-15(8-5-14)19-16-6-3-11-1-2-12(17(20)21)9-13(11)10-16/h1-2,4-5,7-9,16,19H,3,6,10H2,(H,20,21). The minimum atomic E-state index is -0.897. The minimum absolute atomic E-state index is 0.243. The Hall–Kier alpha value is -2.36. The molecule has 0 aromatic heterocycles. The third-order valence-electron chi connectivity index (χ3n) is 3.90. The molecule has 2 N–H and O–H groups in total. The number of aryl methyl sites for hydroxylation is 1. The van der Waals surface area contributed by atoms with Gasteiger partial charge in [0, 0.05) is 11.7 Å². The van der Waals surface area contributed by atoms with Gasteiger partial charge >= 0.3 is 5.97 Å². The lowest BCUT2D eigenvalue weighted by Crippen LogP contribution is -2.27. The fourth-order valence-electron chi connectivity index (χ4n) is 2.80. The summed E-state index contributed by atoms with van der Waals surface area (Å²) in [4.78, 5) is 11.0. The maximum absolute atomic E-state index is 12.9. The van der Waals surface area contributed by atoms with Gasteiger partial charge in [-0.05, 0) is 66.8 Å². The lowest BCUT2D eigenvalue weighted by atomic mass is 9.87. The maximum atomic E-state index is 12.9. The van der Waals surface area contributed by atoms with E-state index in [2.05, 4.69) is 5.32 Å². The summed E-state index contributed by atoms with van der Waals surface area (Å²) >= 11 is 0. The van der Waals surface area contributed by atoms with E-state index in [0.717, 1.165) is 30.5 Å². The van der Waals surface area contributed by atoms with Crippen molar-refractivity contribution in [3.63, 3.8) is 0 Å². The van der Waals surface area contributed by atoms with Crippen molar-refractivity contribution >= 4 is 11.7 Å². The van der Waals surface area contributed by atoms with E-state index >= 15 is 0 Å². The van der Waals surface area contributed by atoms with Crippen LogP contribution < -0.4 is 5.32 Å². The molecule has 0 saturated carbocycles. The van der Waals surface area contributed by atoms with Crippen LogP contribution in [-0.4, -0.2) is 17.1 Å². The van der Waals surface area contributed by atoms with Crippen LogP contribution >= 0.6 is 0 Å². The van der Waals surface area contributed by atoms with Crippen molar-refractivity contribution in [3.8, 4) is 0 Å². The SMILES string of the molecule is O=C(O)c1ccc2c(c1)CC(Nc1ccc(F)cc1)CC2. The Balaban J connectivity index is 1.75. The van der Waals surface area contributed by atoms with Crippen LogP contribution in [0.25, 0.3) is 0 Å². The fraction of sp³-hybridized carbons (Fsp3) is 0.235. The third kappa shape index (κ3) is 3.05. The molecule has 2 aromatic carbocycles. The van der Waals surface area contributed by atoms with E-state index in [1.165, 1.54) is 17.7 Å². The number of carbonyl (C=O) groups is 1. The molecule has 1 unspecified atom stereocenters. The molecule has 108 valence electrons. The van der Waals surface area contributed by atoms with E-state index in [1.807, 2.05) is 6.07 Å². The molecule has 1 aliphatic rings. The molecule has 0 saturated heterocycles. The van der Waals surface area contributed by atoms with Crippen LogP contribution in [0.2, 0.25) is 0 Å². The van der Waals surface area contributed by atoms with Crippen LogP contribution in [-0.2, 0) is 12.8 Å². The van der Waals surface area contributed by atoms with Gasteiger partial charge in [-0.15, -0.1) is 0 Å². The topological polar surface area (TPSA) is 49.3 Å². The van der Waals surface area contributed by atoms with E-state index in [0.29, 0.717) is 5.56 Å². The highest BCUT2D eigenvalue weighted by Crippen LogP contribution is 2.25. The molecule has 21 heavy (non-hydrogen) atoms. The van der Waals surface area contributed by atoms with E-state index in [4.69, 9.17) is 5.11 Å². The largest absolute Gasteiger partial charge is 0.478 e. The van der Waals surface area contributed by atoms with Crippen LogP contribution in [0.5, 0.6) is 0 Å². The molecule has 0 radical (unpaired) electrons. The van der Waals surface area contributed by atoms with E-state index in [9.17, 15) is 9.18 Å². The number of aromatic carboxylic acids is 1. The molecule has 2 aromatic rings. The molecule has 1 aliphatic carbocycles. The number of rotatable bonds is 3. The van der Waals surface area contributed by atoms with Crippen molar-refractivity contribution in [1.29, 1.82) is 0 Å². The van der Waals surface area contributed by atoms with Crippen LogP contribution in [0.1, 0.15) is 27.9 Å². The highest BCUT2D eigenvalue weighted by atomic mass is 19.1. The van der Waals surface area contributed by atoms with E-state index in [-0.39, 0.29) is 11.9 Å². The van der Waals surface area contributed by atoms with Gasteiger partial charge in [-0.1, -0.05) is 6.07 Å². The van der Waals surface area contributed by atoms with Crippen molar-refractivity contribution < 1.29 is 14.3 Å². The quantitative estimate of drug-likeness (QED) is 0.907. The van der Waals surface area contributed by atoms with Gasteiger partial charge in [0.15, 0.2) is 0 Å². The van der Waals surface area contributed by atoms with Crippen LogP contribution in [0.3, 0.4) is 0 Å². The normalized spacial score (nSPS) is 17.1. The molecular formula is C17H16FNO2. The zero-order chi connectivity index (χ0) is 14.8. The maximum Gasteiger partial charge on any atom is 0.335 e. The summed E-state index contributed by atoms with van der Waals surface area (Å²) in [6, 6.07) is 11.9. The first-order valence-electron chi connectivity index (χ1n) is 6.99. The summed E-state index contributed by atoms with van der Waals surface area (Å²) in [6.45, 7) is 0. The Labute approximate surface area is 122 Å². The average molecular weight is 285 g/mol. The molecular weight excluding hydrogens is 269 g/mol. The summed E-state index contributed by atoms with van der Waals surface area (Å²) in [6.07, 6.45) is 2.69. The summed E-state index contributed by atoms with van der Waals surface area (Å²) < 4.78 is 12.9. The molecule has 3 rings (SSSR count). The Kier molecular flexibility index (Phi) is 3.60. The summed E-state index contributed by atoms with van der Waals surface area (Å²) in [5.41, 5.74) is 3.52. The Bertz CT molecular complexity index is 667. The highest BCUT2D eigenvalue weighted by molar-refractivity contribution is 5.87. The van der Waals surface area contributed by atoms with Crippen molar-refractivity contribution in [2.24, 2.45) is 0 Å². The fourth-order valence-corrected chi connectivity index (χ4v) is 2.80. The van der Waals surface area contributed by atoms with Crippen molar-refractivity contribution in [3.05, 3.63) is 65.0 Å². The summed E-state index contributed by atoms with van der Waals surface area (Å²) in [7, 11) is 0. The first kappa shape index (κ1) is 13.6. The lowest BCUT2D eigenvalue weighted by Gasteiger charge is -2.26. The van der Waals surface area contributed by atoms with Gasteiger partial charge in [0.2, 0.25) is 0 Å². The molecule has 0 bridgehead atoms.